The summed E-state index contributed by atoms with van der Waals surface area (Å²) in [6, 6.07) is 28.0. The standard InChI is InChI=1S/2C7H7.5CO.2Mo/c2*1-2-4-6-7-5-3-1;5*1-2;;/h2*1-7H;;;;;;;/q2*+1;;;;;;;. The second-order valence-electron chi connectivity index (χ2n) is 2.69. The smallest absolute Gasteiger partial charge is 0 e. The molecule has 5 nitrogen and oxygen atoms in total. The van der Waals surface area contributed by atoms with Crippen molar-refractivity contribution in [3.63, 3.8) is 0 Å². The molecule has 0 unspecified atom stereocenters. The van der Waals surface area contributed by atoms with Crippen LogP contribution in [0.15, 0.2) is 84.9 Å². The third-order valence-electron chi connectivity index (χ3n) is 1.56. The normalized spacial score (nSPS) is 4.69. The summed E-state index contributed by atoms with van der Waals surface area (Å²) in [6.07, 6.45) is 0. The quantitative estimate of drug-likeness (QED) is 0.291. The summed E-state index contributed by atoms with van der Waals surface area (Å²) < 4.78 is 37.5. The molecular formula is C19H14Mo2O5+2. The SMILES string of the molecule is [C-]#[O+].[C-]#[O+].[C-]#[O+].[C-]#[O+].[C-]#[O+].[Mo].[Mo].c1ccc[cH+]cc1.c1ccc[cH+]cc1. The predicted molar refractivity (Wildman–Crippen MR) is 81.3 cm³/mol. The summed E-state index contributed by atoms with van der Waals surface area (Å²) in [6.45, 7) is 22.5. The topological polar surface area (TPSA) is 99.5 Å². The monoisotopic (exact) mass is 518 g/mol. The third-order valence-corrected chi connectivity index (χ3v) is 1.56. The van der Waals surface area contributed by atoms with Gasteiger partial charge in [-0.1, -0.05) is 0 Å². The van der Waals surface area contributed by atoms with Crippen LogP contribution in [0.2, 0.25) is 0 Å². The van der Waals surface area contributed by atoms with Crippen molar-refractivity contribution in [2.45, 2.75) is 0 Å². The molecule has 0 radical (unpaired) electrons. The van der Waals surface area contributed by atoms with Crippen molar-refractivity contribution in [3.8, 4) is 0 Å². The third kappa shape index (κ3) is 66.9. The Labute approximate surface area is 183 Å². The fraction of sp³-hybridized carbons (Fsp3) is 0. The molecule has 0 aromatic heterocycles. The van der Waals surface area contributed by atoms with Gasteiger partial charge < -0.3 is 0 Å². The van der Waals surface area contributed by atoms with E-state index in [1.54, 1.807) is 0 Å². The van der Waals surface area contributed by atoms with E-state index in [1.807, 2.05) is 84.9 Å². The Bertz CT molecular complexity index is 389. The van der Waals surface area contributed by atoms with Crippen LogP contribution >= 0.6 is 0 Å². The van der Waals surface area contributed by atoms with Crippen molar-refractivity contribution in [1.82, 2.24) is 0 Å². The predicted octanol–water partition coefficient (Wildman–Crippen LogP) is 3.74. The van der Waals surface area contributed by atoms with Crippen LogP contribution in [0, 0.1) is 33.3 Å². The Balaban J connectivity index is -0.0000000359. The molecule has 7 heteroatoms. The molecule has 130 valence electrons. The molecule has 0 spiro atoms. The van der Waals surface area contributed by atoms with E-state index >= 15 is 0 Å². The molecule has 0 aliphatic carbocycles. The van der Waals surface area contributed by atoms with E-state index in [9.17, 15) is 0 Å². The van der Waals surface area contributed by atoms with Gasteiger partial charge in [0.15, 0.2) is 0 Å². The van der Waals surface area contributed by atoms with Crippen LogP contribution in [-0.4, -0.2) is 0 Å². The zero-order chi connectivity index (χ0) is 19.9. The Kier molecular flexibility index (Phi) is 130. The molecular weight excluding hydrogens is 500 g/mol. The second kappa shape index (κ2) is 76.7. The molecule has 2 aromatic rings. The van der Waals surface area contributed by atoms with Crippen LogP contribution in [0.1, 0.15) is 0 Å². The van der Waals surface area contributed by atoms with Crippen molar-refractivity contribution in [2.24, 2.45) is 0 Å². The van der Waals surface area contributed by atoms with E-state index < -0.39 is 0 Å². The first-order chi connectivity index (χ1) is 12.0. The fourth-order valence-corrected chi connectivity index (χ4v) is 0.898. The van der Waals surface area contributed by atoms with Gasteiger partial charge in [-0.05, 0) is 0 Å². The first kappa shape index (κ1) is 44.1. The minimum Gasteiger partial charge on any atom is 0 e. The Morgan fingerprint density at radius 1 is 0.346 bits per heavy atom. The van der Waals surface area contributed by atoms with Crippen molar-refractivity contribution >= 4 is 0 Å². The Morgan fingerprint density at radius 3 is 0.654 bits per heavy atom. The van der Waals surface area contributed by atoms with Crippen molar-refractivity contribution in [1.29, 1.82) is 0 Å². The average molecular weight is 514 g/mol. The van der Waals surface area contributed by atoms with Gasteiger partial charge in [0.2, 0.25) is 0 Å². The molecule has 0 aliphatic heterocycles. The van der Waals surface area contributed by atoms with Crippen molar-refractivity contribution < 1.29 is 65.4 Å². The van der Waals surface area contributed by atoms with E-state index in [-0.39, 0.29) is 42.1 Å². The molecule has 0 bridgehead atoms. The van der Waals surface area contributed by atoms with E-state index in [1.165, 1.54) is 0 Å². The molecule has 0 atom stereocenters. The largest absolute Gasteiger partial charge is 0.0467 e. The van der Waals surface area contributed by atoms with Crippen LogP contribution in [0.25, 0.3) is 0 Å². The van der Waals surface area contributed by atoms with E-state index in [2.05, 4.69) is 33.3 Å². The minimum absolute atomic E-state index is 0. The summed E-state index contributed by atoms with van der Waals surface area (Å²) in [7, 11) is 0. The van der Waals surface area contributed by atoms with E-state index in [4.69, 9.17) is 23.3 Å². The number of hydrogen-bond donors (Lipinski definition) is 0. The van der Waals surface area contributed by atoms with Gasteiger partial charge >= 0.3 is 56.5 Å². The molecule has 26 heavy (non-hydrogen) atoms. The molecule has 0 fully saturated rings. The van der Waals surface area contributed by atoms with Crippen LogP contribution in [0.4, 0.5) is 0 Å². The molecule has 0 saturated heterocycles. The number of hydrogen-bond acceptors (Lipinski definition) is 0. The molecule has 2 aromatic carbocycles. The maximum Gasteiger partial charge on any atom is 0.0467 e. The minimum atomic E-state index is 0. The first-order valence-electron chi connectivity index (χ1n) is 5.69. The van der Waals surface area contributed by atoms with Crippen LogP contribution < -0.4 is 0 Å². The van der Waals surface area contributed by atoms with Crippen LogP contribution in [0.5, 0.6) is 0 Å². The van der Waals surface area contributed by atoms with Crippen LogP contribution in [0.3, 0.4) is 0 Å². The Morgan fingerprint density at radius 2 is 0.500 bits per heavy atom. The molecule has 0 N–H and O–H groups in total. The molecule has 2 rings (SSSR count). The molecule has 0 saturated carbocycles. The van der Waals surface area contributed by atoms with Gasteiger partial charge in [-0.3, -0.25) is 0 Å². The van der Waals surface area contributed by atoms with Crippen molar-refractivity contribution in [3.05, 3.63) is 118 Å². The zero-order valence-corrected chi connectivity index (χ0v) is 17.5. The zero-order valence-electron chi connectivity index (χ0n) is 13.4. The summed E-state index contributed by atoms with van der Waals surface area (Å²) in [5, 5.41) is 0. The van der Waals surface area contributed by atoms with Gasteiger partial charge in [-0.25, -0.2) is 0 Å². The van der Waals surface area contributed by atoms with Crippen molar-refractivity contribution in [2.75, 3.05) is 0 Å². The number of rotatable bonds is 0. The molecule has 0 heterocycles. The fourth-order valence-electron chi connectivity index (χ4n) is 0.898. The van der Waals surface area contributed by atoms with Crippen LogP contribution in [-0.2, 0) is 65.4 Å². The maximum absolute atomic E-state index is 7.50. The van der Waals surface area contributed by atoms with E-state index in [0.717, 1.165) is 0 Å². The van der Waals surface area contributed by atoms with Gasteiger partial charge in [0.25, 0.3) is 0 Å². The maximum atomic E-state index is 7.50. The summed E-state index contributed by atoms with van der Waals surface area (Å²) in [4.78, 5) is 0. The summed E-state index contributed by atoms with van der Waals surface area (Å²) in [5.41, 5.74) is 0. The average Bonchev–Trinajstić information content (AvgIpc) is 3.20. The molecule has 0 amide bonds. The second-order valence-corrected chi connectivity index (χ2v) is 2.69. The van der Waals surface area contributed by atoms with Gasteiger partial charge in [-0.2, -0.15) is 0 Å². The first-order valence-corrected chi connectivity index (χ1v) is 5.69. The molecule has 0 aliphatic rings. The van der Waals surface area contributed by atoms with Gasteiger partial charge in [0.1, 0.15) is 0 Å². The summed E-state index contributed by atoms with van der Waals surface area (Å²) >= 11 is 0. The van der Waals surface area contributed by atoms with E-state index in [0.29, 0.717) is 0 Å². The van der Waals surface area contributed by atoms with Gasteiger partial charge in [-0.15, -0.1) is 0 Å². The van der Waals surface area contributed by atoms with Gasteiger partial charge in [0.05, 0.1) is 0 Å². The van der Waals surface area contributed by atoms with Gasteiger partial charge in [0, 0.05) is 127 Å². The Hall–Kier alpha value is -1.74. The summed E-state index contributed by atoms with van der Waals surface area (Å²) in [5.74, 6) is 0.